The van der Waals surface area contributed by atoms with Crippen LogP contribution in [-0.2, 0) is 19.1 Å². The lowest BCUT2D eigenvalue weighted by Gasteiger charge is -2.27. The van der Waals surface area contributed by atoms with Gasteiger partial charge in [0, 0.05) is 0 Å². The van der Waals surface area contributed by atoms with Crippen molar-refractivity contribution in [3.05, 3.63) is 0 Å². The van der Waals surface area contributed by atoms with E-state index >= 15 is 0 Å². The normalized spacial score (nSPS) is 11.5. The molecule has 0 aromatic rings. The fourth-order valence-corrected chi connectivity index (χ4v) is 2.07. The Hall–Kier alpha value is -1.06. The molecule has 0 aliphatic heterocycles. The van der Waals surface area contributed by atoms with Crippen LogP contribution in [0.2, 0.25) is 0 Å². The van der Waals surface area contributed by atoms with Gasteiger partial charge >= 0.3 is 11.9 Å². The second kappa shape index (κ2) is 9.78. The Morgan fingerprint density at radius 3 is 2.00 bits per heavy atom. The Morgan fingerprint density at radius 2 is 1.55 bits per heavy atom. The highest BCUT2D eigenvalue weighted by Crippen LogP contribution is 2.30. The number of carbonyl (C=O) groups excluding carboxylic acids is 2. The van der Waals surface area contributed by atoms with Gasteiger partial charge in [-0.2, -0.15) is 0 Å². The highest BCUT2D eigenvalue weighted by Gasteiger charge is 2.46. The van der Waals surface area contributed by atoms with Crippen LogP contribution >= 0.6 is 0 Å². The molecule has 4 heteroatoms. The van der Waals surface area contributed by atoms with Crippen molar-refractivity contribution in [2.24, 2.45) is 5.41 Å². The van der Waals surface area contributed by atoms with Crippen LogP contribution in [0.4, 0.5) is 0 Å². The van der Waals surface area contributed by atoms with E-state index in [1.807, 2.05) is 13.8 Å². The highest BCUT2D eigenvalue weighted by atomic mass is 16.6. The molecule has 0 atom stereocenters. The van der Waals surface area contributed by atoms with Crippen molar-refractivity contribution in [2.45, 2.75) is 79.2 Å². The predicted molar refractivity (Wildman–Crippen MR) is 79.3 cm³/mol. The molecule has 0 radical (unpaired) electrons. The summed E-state index contributed by atoms with van der Waals surface area (Å²) in [6.45, 7) is 9.73. The first-order chi connectivity index (χ1) is 9.44. The SMILES string of the molecule is CCCCCCOC(=O)C(CC)(CC)C(=O)OC(C)C. The standard InChI is InChI=1S/C16H30O4/c1-6-9-10-11-12-19-14(17)16(7-2,8-3)15(18)20-13(4)5/h13H,6-12H2,1-5H3. The number of rotatable bonds is 10. The minimum atomic E-state index is -1.14. The quantitative estimate of drug-likeness (QED) is 0.347. The summed E-state index contributed by atoms with van der Waals surface area (Å²) in [7, 11) is 0. The lowest BCUT2D eigenvalue weighted by Crippen LogP contribution is -2.42. The summed E-state index contributed by atoms with van der Waals surface area (Å²) in [6, 6.07) is 0. The molecular weight excluding hydrogens is 256 g/mol. The van der Waals surface area contributed by atoms with Crippen LogP contribution in [0.3, 0.4) is 0 Å². The van der Waals surface area contributed by atoms with Gasteiger partial charge < -0.3 is 9.47 Å². The molecule has 0 unspecified atom stereocenters. The molecule has 0 bridgehead atoms. The average Bonchev–Trinajstić information content (AvgIpc) is 2.39. The van der Waals surface area contributed by atoms with Gasteiger partial charge in [-0.1, -0.05) is 40.0 Å². The van der Waals surface area contributed by atoms with Crippen molar-refractivity contribution in [1.82, 2.24) is 0 Å². The van der Waals surface area contributed by atoms with Crippen LogP contribution in [0.1, 0.15) is 73.1 Å². The molecule has 0 amide bonds. The summed E-state index contributed by atoms with van der Waals surface area (Å²) in [5, 5.41) is 0. The first-order valence-corrected chi connectivity index (χ1v) is 7.82. The molecule has 0 spiro atoms. The second-order valence-corrected chi connectivity index (χ2v) is 5.44. The topological polar surface area (TPSA) is 52.6 Å². The van der Waals surface area contributed by atoms with Crippen LogP contribution in [0.25, 0.3) is 0 Å². The smallest absolute Gasteiger partial charge is 0.323 e. The van der Waals surface area contributed by atoms with E-state index in [-0.39, 0.29) is 6.10 Å². The van der Waals surface area contributed by atoms with Crippen LogP contribution in [-0.4, -0.2) is 24.6 Å². The molecule has 0 aliphatic rings. The maximum absolute atomic E-state index is 12.3. The molecule has 20 heavy (non-hydrogen) atoms. The zero-order valence-electron chi connectivity index (χ0n) is 13.7. The summed E-state index contributed by atoms with van der Waals surface area (Å²) < 4.78 is 10.5. The number of esters is 2. The van der Waals surface area contributed by atoms with Gasteiger partial charge in [0.15, 0.2) is 5.41 Å². The van der Waals surface area contributed by atoms with Crippen LogP contribution < -0.4 is 0 Å². The van der Waals surface area contributed by atoms with E-state index in [0.29, 0.717) is 19.4 Å². The van der Waals surface area contributed by atoms with Gasteiger partial charge in [0.05, 0.1) is 12.7 Å². The van der Waals surface area contributed by atoms with E-state index in [9.17, 15) is 9.59 Å². The first kappa shape index (κ1) is 18.9. The Kier molecular flexibility index (Phi) is 9.26. The fraction of sp³-hybridized carbons (Fsp3) is 0.875. The monoisotopic (exact) mass is 286 g/mol. The van der Waals surface area contributed by atoms with Crippen molar-refractivity contribution < 1.29 is 19.1 Å². The minimum absolute atomic E-state index is 0.225. The average molecular weight is 286 g/mol. The van der Waals surface area contributed by atoms with E-state index in [0.717, 1.165) is 25.7 Å². The highest BCUT2D eigenvalue weighted by molar-refractivity contribution is 6.00. The Balaban J connectivity index is 4.55. The molecule has 0 fully saturated rings. The summed E-state index contributed by atoms with van der Waals surface area (Å²) >= 11 is 0. The molecule has 0 aromatic heterocycles. The van der Waals surface area contributed by atoms with Gasteiger partial charge in [-0.3, -0.25) is 9.59 Å². The molecule has 0 saturated carbocycles. The molecule has 4 nitrogen and oxygen atoms in total. The fourth-order valence-electron chi connectivity index (χ4n) is 2.07. The molecule has 0 aromatic carbocycles. The van der Waals surface area contributed by atoms with Crippen molar-refractivity contribution in [3.63, 3.8) is 0 Å². The molecular formula is C16H30O4. The third kappa shape index (κ3) is 5.51. The first-order valence-electron chi connectivity index (χ1n) is 7.82. The lowest BCUT2D eigenvalue weighted by atomic mass is 9.82. The van der Waals surface area contributed by atoms with Gasteiger partial charge in [-0.05, 0) is 33.1 Å². The maximum atomic E-state index is 12.3. The number of ether oxygens (including phenoxy) is 2. The van der Waals surface area contributed by atoms with Gasteiger partial charge in [0.25, 0.3) is 0 Å². The van der Waals surface area contributed by atoms with Crippen molar-refractivity contribution in [3.8, 4) is 0 Å². The molecule has 0 heterocycles. The number of hydrogen-bond acceptors (Lipinski definition) is 4. The van der Waals surface area contributed by atoms with E-state index in [1.54, 1.807) is 13.8 Å². The van der Waals surface area contributed by atoms with E-state index < -0.39 is 17.4 Å². The third-order valence-electron chi connectivity index (χ3n) is 3.56. The van der Waals surface area contributed by atoms with Gasteiger partial charge in [0.1, 0.15) is 0 Å². The molecule has 0 saturated heterocycles. The number of carbonyl (C=O) groups is 2. The van der Waals surface area contributed by atoms with Crippen LogP contribution in [0, 0.1) is 5.41 Å². The van der Waals surface area contributed by atoms with E-state index in [2.05, 4.69) is 6.92 Å². The largest absolute Gasteiger partial charge is 0.465 e. The maximum Gasteiger partial charge on any atom is 0.323 e. The predicted octanol–water partition coefficient (Wildman–Crippen LogP) is 3.87. The molecule has 0 rings (SSSR count). The number of hydrogen-bond donors (Lipinski definition) is 0. The van der Waals surface area contributed by atoms with Crippen molar-refractivity contribution in [2.75, 3.05) is 6.61 Å². The van der Waals surface area contributed by atoms with Crippen LogP contribution in [0.5, 0.6) is 0 Å². The Morgan fingerprint density at radius 1 is 0.950 bits per heavy atom. The summed E-state index contributed by atoms with van der Waals surface area (Å²) in [5.41, 5.74) is -1.14. The zero-order valence-corrected chi connectivity index (χ0v) is 13.7. The van der Waals surface area contributed by atoms with E-state index in [4.69, 9.17) is 9.47 Å². The van der Waals surface area contributed by atoms with Gasteiger partial charge in [-0.15, -0.1) is 0 Å². The Labute approximate surface area is 123 Å². The zero-order chi connectivity index (χ0) is 15.6. The van der Waals surface area contributed by atoms with Gasteiger partial charge in [-0.25, -0.2) is 0 Å². The van der Waals surface area contributed by atoms with Crippen molar-refractivity contribution in [1.29, 1.82) is 0 Å². The third-order valence-corrected chi connectivity index (χ3v) is 3.56. The molecule has 0 aliphatic carbocycles. The molecule has 118 valence electrons. The van der Waals surface area contributed by atoms with Crippen molar-refractivity contribution >= 4 is 11.9 Å². The molecule has 0 N–H and O–H groups in total. The second-order valence-electron chi connectivity index (χ2n) is 5.44. The number of unbranched alkanes of at least 4 members (excludes halogenated alkanes) is 3. The summed E-state index contributed by atoms with van der Waals surface area (Å²) in [5.74, 6) is -0.902. The summed E-state index contributed by atoms with van der Waals surface area (Å²) in [6.07, 6.45) is 4.76. The van der Waals surface area contributed by atoms with E-state index in [1.165, 1.54) is 0 Å². The minimum Gasteiger partial charge on any atom is -0.465 e. The lowest BCUT2D eigenvalue weighted by molar-refractivity contribution is -0.175. The van der Waals surface area contributed by atoms with Crippen LogP contribution in [0.15, 0.2) is 0 Å². The van der Waals surface area contributed by atoms with Gasteiger partial charge in [0.2, 0.25) is 0 Å². The summed E-state index contributed by atoms with van der Waals surface area (Å²) in [4.78, 5) is 24.5. The Bertz CT molecular complexity index is 293.